The average Bonchev–Trinajstić information content (AvgIpc) is 3.57. The summed E-state index contributed by atoms with van der Waals surface area (Å²) in [5, 5.41) is 0. The number of anilines is 2. The highest BCUT2D eigenvalue weighted by molar-refractivity contribution is 5.96. The Morgan fingerprint density at radius 1 is 0.511 bits per heavy atom. The summed E-state index contributed by atoms with van der Waals surface area (Å²) >= 11 is 0. The molecule has 0 radical (unpaired) electrons. The molecule has 6 aromatic rings. The molecule has 0 fully saturated rings. The SMILES string of the molecule is FC1C=CC(N(c2ccc(-c3ccccc3)cc2)c2ccc3c(c2)C2(c4ccccc4-c4ccccc42)c2ccccc2-3)=CC1. The van der Waals surface area contributed by atoms with Crippen molar-refractivity contribution in [1.29, 1.82) is 0 Å². The van der Waals surface area contributed by atoms with Gasteiger partial charge in [-0.3, -0.25) is 0 Å². The summed E-state index contributed by atoms with van der Waals surface area (Å²) < 4.78 is 14.3. The van der Waals surface area contributed by atoms with Crippen LogP contribution >= 0.6 is 0 Å². The highest BCUT2D eigenvalue weighted by Crippen LogP contribution is 2.63. The fourth-order valence-electron chi connectivity index (χ4n) is 7.85. The lowest BCUT2D eigenvalue weighted by atomic mass is 9.70. The molecule has 3 aliphatic carbocycles. The Labute approximate surface area is 263 Å². The number of rotatable bonds is 4. The lowest BCUT2D eigenvalue weighted by Gasteiger charge is -2.33. The summed E-state index contributed by atoms with van der Waals surface area (Å²) in [4.78, 5) is 2.28. The fourth-order valence-corrected chi connectivity index (χ4v) is 7.85. The molecular weight excluding hydrogens is 549 g/mol. The zero-order valence-corrected chi connectivity index (χ0v) is 24.7. The number of allylic oxidation sites excluding steroid dienone is 3. The van der Waals surface area contributed by atoms with Gasteiger partial charge in [0, 0.05) is 23.5 Å². The first-order valence-corrected chi connectivity index (χ1v) is 15.7. The first kappa shape index (κ1) is 26.0. The van der Waals surface area contributed by atoms with Crippen molar-refractivity contribution in [2.45, 2.75) is 18.0 Å². The van der Waals surface area contributed by atoms with E-state index in [1.807, 2.05) is 18.2 Å². The van der Waals surface area contributed by atoms with Crippen LogP contribution in [0.5, 0.6) is 0 Å². The number of hydrogen-bond acceptors (Lipinski definition) is 1. The van der Waals surface area contributed by atoms with E-state index in [1.165, 1.54) is 55.6 Å². The molecule has 0 heterocycles. The van der Waals surface area contributed by atoms with Gasteiger partial charge in [-0.15, -0.1) is 0 Å². The van der Waals surface area contributed by atoms with Gasteiger partial charge in [-0.2, -0.15) is 0 Å². The molecule has 0 aromatic heterocycles. The number of hydrogen-bond donors (Lipinski definition) is 0. The maximum Gasteiger partial charge on any atom is 0.122 e. The molecule has 0 aliphatic heterocycles. The van der Waals surface area contributed by atoms with Crippen molar-refractivity contribution in [2.75, 3.05) is 4.90 Å². The molecule has 1 unspecified atom stereocenters. The van der Waals surface area contributed by atoms with Crippen LogP contribution in [0.15, 0.2) is 170 Å². The number of halogens is 1. The van der Waals surface area contributed by atoms with E-state index in [4.69, 9.17) is 0 Å². The molecule has 2 heteroatoms. The summed E-state index contributed by atoms with van der Waals surface area (Å²) in [6.45, 7) is 0. The molecule has 9 rings (SSSR count). The van der Waals surface area contributed by atoms with Crippen LogP contribution in [0.2, 0.25) is 0 Å². The van der Waals surface area contributed by atoms with Crippen molar-refractivity contribution in [2.24, 2.45) is 0 Å². The fraction of sp³-hybridized carbons (Fsp3) is 0.0698. The maximum absolute atomic E-state index is 14.3. The second-order valence-corrected chi connectivity index (χ2v) is 12.1. The minimum Gasteiger partial charge on any atom is -0.311 e. The van der Waals surface area contributed by atoms with Crippen LogP contribution in [-0.2, 0) is 5.41 Å². The van der Waals surface area contributed by atoms with Crippen LogP contribution < -0.4 is 4.90 Å². The predicted octanol–water partition coefficient (Wildman–Crippen LogP) is 11.0. The van der Waals surface area contributed by atoms with E-state index in [0.717, 1.165) is 17.1 Å². The molecule has 0 saturated carbocycles. The van der Waals surface area contributed by atoms with Crippen molar-refractivity contribution in [1.82, 2.24) is 0 Å². The predicted molar refractivity (Wildman–Crippen MR) is 183 cm³/mol. The molecule has 1 atom stereocenters. The largest absolute Gasteiger partial charge is 0.311 e. The van der Waals surface area contributed by atoms with Crippen LogP contribution in [0, 0.1) is 0 Å². The minimum atomic E-state index is -0.958. The second-order valence-electron chi connectivity index (χ2n) is 12.1. The van der Waals surface area contributed by atoms with Crippen LogP contribution in [0.4, 0.5) is 15.8 Å². The van der Waals surface area contributed by atoms with Crippen molar-refractivity contribution >= 4 is 11.4 Å². The van der Waals surface area contributed by atoms with Gasteiger partial charge in [0.25, 0.3) is 0 Å². The third-order valence-corrected chi connectivity index (χ3v) is 9.76. The quantitative estimate of drug-likeness (QED) is 0.200. The summed E-state index contributed by atoms with van der Waals surface area (Å²) in [5.41, 5.74) is 15.4. The summed E-state index contributed by atoms with van der Waals surface area (Å²) in [6, 6.07) is 52.7. The van der Waals surface area contributed by atoms with E-state index in [-0.39, 0.29) is 0 Å². The minimum absolute atomic E-state index is 0.367. The number of alkyl halides is 1. The van der Waals surface area contributed by atoms with Crippen molar-refractivity contribution < 1.29 is 4.39 Å². The van der Waals surface area contributed by atoms with Crippen LogP contribution in [0.1, 0.15) is 28.7 Å². The average molecular weight is 580 g/mol. The molecule has 6 aromatic carbocycles. The Morgan fingerprint density at radius 2 is 1.02 bits per heavy atom. The zero-order valence-electron chi connectivity index (χ0n) is 24.7. The van der Waals surface area contributed by atoms with Crippen LogP contribution in [0.25, 0.3) is 33.4 Å². The molecular formula is C43H30FN. The van der Waals surface area contributed by atoms with Gasteiger partial charge in [0.2, 0.25) is 0 Å². The first-order chi connectivity index (χ1) is 22.2. The Hall–Kier alpha value is -5.47. The zero-order chi connectivity index (χ0) is 30.0. The van der Waals surface area contributed by atoms with Gasteiger partial charge in [0.05, 0.1) is 5.41 Å². The summed E-state index contributed by atoms with van der Waals surface area (Å²) in [7, 11) is 0. The highest BCUT2D eigenvalue weighted by atomic mass is 19.1. The number of benzene rings is 6. The van der Waals surface area contributed by atoms with Gasteiger partial charge in [-0.05, 0) is 92.1 Å². The van der Waals surface area contributed by atoms with Crippen molar-refractivity contribution in [3.05, 3.63) is 192 Å². The van der Waals surface area contributed by atoms with Gasteiger partial charge >= 0.3 is 0 Å². The molecule has 1 spiro atoms. The molecule has 3 aliphatic rings. The third kappa shape index (κ3) is 3.79. The lowest BCUT2D eigenvalue weighted by Crippen LogP contribution is -2.26. The Morgan fingerprint density at radius 3 is 1.60 bits per heavy atom. The first-order valence-electron chi connectivity index (χ1n) is 15.7. The van der Waals surface area contributed by atoms with Crippen LogP contribution in [0.3, 0.4) is 0 Å². The van der Waals surface area contributed by atoms with E-state index in [2.05, 4.69) is 144 Å². The Kier molecular flexibility index (Phi) is 5.79. The van der Waals surface area contributed by atoms with Gasteiger partial charge in [-0.25, -0.2) is 4.39 Å². The Bertz CT molecular complexity index is 2090. The number of fused-ring (bicyclic) bond motifs is 10. The van der Waals surface area contributed by atoms with Gasteiger partial charge in [0.15, 0.2) is 0 Å². The monoisotopic (exact) mass is 579 g/mol. The summed E-state index contributed by atoms with van der Waals surface area (Å²) in [5.74, 6) is 0. The topological polar surface area (TPSA) is 3.24 Å². The second kappa shape index (κ2) is 10.0. The van der Waals surface area contributed by atoms with Gasteiger partial charge < -0.3 is 4.90 Å². The third-order valence-electron chi connectivity index (χ3n) is 9.76. The molecule has 0 N–H and O–H groups in total. The molecule has 214 valence electrons. The Balaban J connectivity index is 1.27. The smallest absolute Gasteiger partial charge is 0.122 e. The molecule has 0 amide bonds. The lowest BCUT2D eigenvalue weighted by molar-refractivity contribution is 0.400. The molecule has 1 nitrogen and oxygen atoms in total. The van der Waals surface area contributed by atoms with E-state index < -0.39 is 11.6 Å². The standard InChI is InChI=1S/C43H30FN/c44-31-20-24-33(25-21-31)45(32-22-18-30(19-23-32)29-10-2-1-3-11-29)34-26-27-38-37-14-6-9-17-41(37)43(42(38)28-34)39-15-7-4-12-35(39)36-13-5-8-16-40(36)43/h1-20,22-28,31H,21H2. The highest BCUT2D eigenvalue weighted by Gasteiger charge is 2.51. The van der Waals surface area contributed by atoms with Crippen LogP contribution in [-0.4, -0.2) is 6.17 Å². The molecule has 0 bridgehead atoms. The number of nitrogens with zero attached hydrogens (tertiary/aromatic N) is 1. The molecule has 45 heavy (non-hydrogen) atoms. The van der Waals surface area contributed by atoms with Gasteiger partial charge in [-0.1, -0.05) is 127 Å². The van der Waals surface area contributed by atoms with E-state index in [0.29, 0.717) is 6.42 Å². The van der Waals surface area contributed by atoms with Gasteiger partial charge in [0.1, 0.15) is 6.17 Å². The normalized spacial score (nSPS) is 16.5. The van der Waals surface area contributed by atoms with E-state index in [1.54, 1.807) is 6.08 Å². The van der Waals surface area contributed by atoms with E-state index >= 15 is 0 Å². The van der Waals surface area contributed by atoms with Crippen molar-refractivity contribution in [3.8, 4) is 33.4 Å². The maximum atomic E-state index is 14.3. The van der Waals surface area contributed by atoms with Crippen molar-refractivity contribution in [3.63, 3.8) is 0 Å². The summed E-state index contributed by atoms with van der Waals surface area (Å²) in [6.07, 6.45) is 5.03. The van der Waals surface area contributed by atoms with E-state index in [9.17, 15) is 4.39 Å². The molecule has 0 saturated heterocycles.